The van der Waals surface area contributed by atoms with Crippen LogP contribution >= 0.6 is 0 Å². The largest absolute Gasteiger partial charge is 0.436 e. The summed E-state index contributed by atoms with van der Waals surface area (Å²) in [5.74, 6) is -1.37. The van der Waals surface area contributed by atoms with Gasteiger partial charge in [-0.25, -0.2) is 4.79 Å². The normalized spacial score (nSPS) is 11.3. The maximum Gasteiger partial charge on any atom is 0.436 e. The maximum atomic E-state index is 13.0. The number of hydrogen-bond donors (Lipinski definition) is 0. The van der Waals surface area contributed by atoms with Crippen LogP contribution in [0.5, 0.6) is 5.75 Å². The lowest BCUT2D eigenvalue weighted by atomic mass is 10.1. The van der Waals surface area contributed by atoms with Gasteiger partial charge in [0.1, 0.15) is 11.3 Å². The molecule has 9 heteroatoms. The van der Waals surface area contributed by atoms with E-state index in [9.17, 15) is 22.8 Å². The number of amides is 1. The first-order valence-electron chi connectivity index (χ1n) is 8.84. The van der Waals surface area contributed by atoms with E-state index in [-0.39, 0.29) is 11.7 Å². The first-order valence-corrected chi connectivity index (χ1v) is 8.84. The van der Waals surface area contributed by atoms with Gasteiger partial charge in [-0.3, -0.25) is 9.48 Å². The van der Waals surface area contributed by atoms with Crippen LogP contribution in [0.4, 0.5) is 18.9 Å². The molecule has 1 aromatic heterocycles. The minimum Gasteiger partial charge on any atom is -0.423 e. The van der Waals surface area contributed by atoms with E-state index >= 15 is 0 Å². The fraction of sp³-hybridized carbons (Fsp3) is 0.190. The molecule has 0 aliphatic heterocycles. The second-order valence-electron chi connectivity index (χ2n) is 6.68. The molecule has 0 atom stereocenters. The summed E-state index contributed by atoms with van der Waals surface area (Å²) in [6.07, 6.45) is -3.83. The van der Waals surface area contributed by atoms with Crippen LogP contribution in [-0.2, 0) is 13.2 Å². The van der Waals surface area contributed by atoms with Crippen molar-refractivity contribution in [2.24, 2.45) is 7.05 Å². The van der Waals surface area contributed by atoms with E-state index in [0.29, 0.717) is 11.3 Å². The Hall–Kier alpha value is -3.62. The Morgan fingerprint density at radius 3 is 2.20 bits per heavy atom. The van der Waals surface area contributed by atoms with Gasteiger partial charge < -0.3 is 9.64 Å². The summed E-state index contributed by atoms with van der Waals surface area (Å²) in [5.41, 5.74) is 0.0751. The molecule has 156 valence electrons. The third-order valence-electron chi connectivity index (χ3n) is 4.35. The van der Waals surface area contributed by atoms with Crippen molar-refractivity contribution in [1.82, 2.24) is 9.78 Å². The number of aromatic nitrogens is 2. The Morgan fingerprint density at radius 1 is 1.03 bits per heavy atom. The molecule has 0 fully saturated rings. The minimum atomic E-state index is -4.78. The highest BCUT2D eigenvalue weighted by Gasteiger charge is 2.39. The molecule has 0 aliphatic rings. The van der Waals surface area contributed by atoms with Crippen LogP contribution in [0.3, 0.4) is 0 Å². The number of aryl methyl sites for hydroxylation is 2. The SMILES string of the molecule is Cc1ccc(C(=O)N(C)c2ccc(OC(=O)c3cn(C)nc3C(F)(F)F)cc2)cc1. The highest BCUT2D eigenvalue weighted by molar-refractivity contribution is 6.05. The Balaban J connectivity index is 1.74. The van der Waals surface area contributed by atoms with Crippen LogP contribution in [-0.4, -0.2) is 28.7 Å². The predicted octanol–water partition coefficient (Wildman–Crippen LogP) is 4.24. The van der Waals surface area contributed by atoms with Crippen LogP contribution in [0.2, 0.25) is 0 Å². The topological polar surface area (TPSA) is 64.4 Å². The van der Waals surface area contributed by atoms with Crippen LogP contribution in [0.1, 0.15) is 32.0 Å². The Bertz CT molecular complexity index is 1070. The molecule has 0 bridgehead atoms. The molecular formula is C21H18F3N3O3. The van der Waals surface area contributed by atoms with E-state index in [1.165, 1.54) is 36.2 Å². The molecule has 2 aromatic carbocycles. The Labute approximate surface area is 170 Å². The van der Waals surface area contributed by atoms with E-state index in [2.05, 4.69) is 5.10 Å². The summed E-state index contributed by atoms with van der Waals surface area (Å²) in [6.45, 7) is 1.92. The Morgan fingerprint density at radius 2 is 1.63 bits per heavy atom. The van der Waals surface area contributed by atoms with Gasteiger partial charge in [0.15, 0.2) is 5.69 Å². The minimum absolute atomic E-state index is 0.0388. The second kappa shape index (κ2) is 8.02. The van der Waals surface area contributed by atoms with Gasteiger partial charge in [-0.15, -0.1) is 0 Å². The van der Waals surface area contributed by atoms with Crippen LogP contribution in [0.25, 0.3) is 0 Å². The van der Waals surface area contributed by atoms with Gasteiger partial charge in [0, 0.05) is 31.5 Å². The molecule has 3 rings (SSSR count). The maximum absolute atomic E-state index is 13.0. The molecule has 0 saturated heterocycles. The van der Waals surface area contributed by atoms with Gasteiger partial charge in [-0.1, -0.05) is 17.7 Å². The number of benzene rings is 2. The quantitative estimate of drug-likeness (QED) is 0.471. The van der Waals surface area contributed by atoms with Crippen molar-refractivity contribution < 1.29 is 27.5 Å². The van der Waals surface area contributed by atoms with Crippen molar-refractivity contribution in [1.29, 1.82) is 0 Å². The predicted molar refractivity (Wildman–Crippen MR) is 104 cm³/mol. The zero-order chi connectivity index (χ0) is 22.1. The summed E-state index contributed by atoms with van der Waals surface area (Å²) in [6, 6.07) is 13.0. The highest BCUT2D eigenvalue weighted by Crippen LogP contribution is 2.31. The number of halogens is 3. The van der Waals surface area contributed by atoms with E-state index in [4.69, 9.17) is 4.74 Å². The summed E-state index contributed by atoms with van der Waals surface area (Å²) >= 11 is 0. The number of carbonyl (C=O) groups is 2. The number of anilines is 1. The summed E-state index contributed by atoms with van der Waals surface area (Å²) in [7, 11) is 2.87. The summed E-state index contributed by atoms with van der Waals surface area (Å²) in [5, 5.41) is 3.28. The number of ether oxygens (including phenoxy) is 1. The van der Waals surface area contributed by atoms with E-state index in [1.807, 2.05) is 19.1 Å². The van der Waals surface area contributed by atoms with Crippen molar-refractivity contribution in [3.05, 3.63) is 77.1 Å². The third-order valence-corrected chi connectivity index (χ3v) is 4.35. The summed E-state index contributed by atoms with van der Waals surface area (Å²) in [4.78, 5) is 26.2. The zero-order valence-electron chi connectivity index (χ0n) is 16.4. The molecule has 30 heavy (non-hydrogen) atoms. The molecule has 6 nitrogen and oxygen atoms in total. The lowest BCUT2D eigenvalue weighted by Gasteiger charge is -2.18. The van der Waals surface area contributed by atoms with E-state index in [1.54, 1.807) is 19.2 Å². The second-order valence-corrected chi connectivity index (χ2v) is 6.68. The van der Waals surface area contributed by atoms with Crippen molar-refractivity contribution in [3.8, 4) is 5.75 Å². The molecule has 0 radical (unpaired) electrons. The van der Waals surface area contributed by atoms with Crippen molar-refractivity contribution in [3.63, 3.8) is 0 Å². The third kappa shape index (κ3) is 4.51. The van der Waals surface area contributed by atoms with Crippen molar-refractivity contribution in [2.45, 2.75) is 13.1 Å². The average Bonchev–Trinajstić information content (AvgIpc) is 3.10. The smallest absolute Gasteiger partial charge is 0.423 e. The molecule has 0 unspecified atom stereocenters. The number of carbonyl (C=O) groups excluding carboxylic acids is 2. The van der Waals surface area contributed by atoms with Crippen LogP contribution in [0.15, 0.2) is 54.7 Å². The van der Waals surface area contributed by atoms with Crippen molar-refractivity contribution in [2.75, 3.05) is 11.9 Å². The van der Waals surface area contributed by atoms with E-state index in [0.717, 1.165) is 16.4 Å². The first kappa shape index (κ1) is 21.1. The number of esters is 1. The number of nitrogens with zero attached hydrogens (tertiary/aromatic N) is 3. The van der Waals surface area contributed by atoms with Crippen LogP contribution < -0.4 is 9.64 Å². The first-order chi connectivity index (χ1) is 14.1. The van der Waals surface area contributed by atoms with Gasteiger partial charge >= 0.3 is 12.1 Å². The Kier molecular flexibility index (Phi) is 5.64. The van der Waals surface area contributed by atoms with Gasteiger partial charge in [0.05, 0.1) is 0 Å². The van der Waals surface area contributed by atoms with Gasteiger partial charge in [-0.05, 0) is 43.3 Å². The highest BCUT2D eigenvalue weighted by atomic mass is 19.4. The number of alkyl halides is 3. The molecule has 1 heterocycles. The lowest BCUT2D eigenvalue weighted by molar-refractivity contribution is -0.141. The fourth-order valence-corrected chi connectivity index (χ4v) is 2.75. The molecule has 0 aliphatic carbocycles. The van der Waals surface area contributed by atoms with Crippen LogP contribution in [0, 0.1) is 6.92 Å². The fourth-order valence-electron chi connectivity index (χ4n) is 2.75. The average molecular weight is 417 g/mol. The molecule has 0 spiro atoms. The monoisotopic (exact) mass is 417 g/mol. The molecule has 1 amide bonds. The number of hydrogen-bond acceptors (Lipinski definition) is 4. The van der Waals surface area contributed by atoms with E-state index < -0.39 is 23.4 Å². The van der Waals surface area contributed by atoms with Crippen molar-refractivity contribution >= 4 is 17.6 Å². The van der Waals surface area contributed by atoms with Gasteiger partial charge in [0.25, 0.3) is 5.91 Å². The lowest BCUT2D eigenvalue weighted by Crippen LogP contribution is -2.26. The molecular weight excluding hydrogens is 399 g/mol. The zero-order valence-corrected chi connectivity index (χ0v) is 16.4. The molecule has 0 saturated carbocycles. The molecule has 0 N–H and O–H groups in total. The van der Waals surface area contributed by atoms with Gasteiger partial charge in [0.2, 0.25) is 0 Å². The standard InChI is InChI=1S/C21H18F3N3O3/c1-13-4-6-14(7-5-13)19(28)27(3)15-8-10-16(11-9-15)30-20(29)17-12-26(2)25-18(17)21(22,23)24/h4-12H,1-3H3. The number of rotatable bonds is 4. The summed E-state index contributed by atoms with van der Waals surface area (Å²) < 4.78 is 45.0. The van der Waals surface area contributed by atoms with Gasteiger partial charge in [-0.2, -0.15) is 18.3 Å². The molecule has 3 aromatic rings.